The number of benzene rings is 4. The zero-order valence-electron chi connectivity index (χ0n) is 55.9. The summed E-state index contributed by atoms with van der Waals surface area (Å²) in [5.41, 5.74) is 15.7. The number of carboxylic acids is 1. The van der Waals surface area contributed by atoms with Crippen molar-refractivity contribution in [3.05, 3.63) is 119 Å². The minimum absolute atomic E-state index is 0.0177. The second-order valence-corrected chi connectivity index (χ2v) is 25.6. The number of nitrogens with zero attached hydrogens (tertiary/aromatic N) is 5. The zero-order valence-corrected chi connectivity index (χ0v) is 56.7. The maximum Gasteiger partial charge on any atom is 0.327 e. The van der Waals surface area contributed by atoms with Gasteiger partial charge in [0.1, 0.15) is 11.8 Å². The Hall–Kier alpha value is -9.16. The van der Waals surface area contributed by atoms with Gasteiger partial charge >= 0.3 is 5.97 Å². The van der Waals surface area contributed by atoms with E-state index in [4.69, 9.17) is 24.7 Å². The highest BCUT2D eigenvalue weighted by molar-refractivity contribution is 8.00. The number of hydrogen-bond donors (Lipinski definition) is 5. The number of carboxylic acid groups (broad SMARTS) is 1. The Morgan fingerprint density at radius 3 is 1.85 bits per heavy atom. The molecule has 7 amide bonds. The van der Waals surface area contributed by atoms with Crippen molar-refractivity contribution >= 4 is 106 Å². The molecule has 0 radical (unpaired) electrons. The van der Waals surface area contributed by atoms with E-state index in [1.54, 1.807) is 45.3 Å². The number of nitrogen functional groups attached to an aromatic ring is 1. The number of ether oxygens (including phenoxy) is 4. The monoisotopic (exact) mass is 1320 g/mol. The second-order valence-electron chi connectivity index (χ2n) is 24.3. The van der Waals surface area contributed by atoms with Gasteiger partial charge in [-0.2, -0.15) is 0 Å². The summed E-state index contributed by atoms with van der Waals surface area (Å²) in [6.45, 7) is 12.1. The van der Waals surface area contributed by atoms with E-state index in [9.17, 15) is 48.3 Å². The Morgan fingerprint density at radius 1 is 0.705 bits per heavy atom. The normalized spacial score (nSPS) is 17.6. The summed E-state index contributed by atoms with van der Waals surface area (Å²) in [6.07, 6.45) is 13.8. The zero-order chi connectivity index (χ0) is 69.0. The average molecular weight is 1320 g/mol. The molecule has 1 unspecified atom stereocenters. The average Bonchev–Trinajstić information content (AvgIpc) is 1.67. The number of fused-ring (bicyclic) bond motifs is 4. The molecular formula is C71H89N9O14S. The Kier molecular flexibility index (Phi) is 26.9. The Bertz CT molecular complexity index is 3590. The van der Waals surface area contributed by atoms with E-state index in [1.807, 2.05) is 118 Å². The van der Waals surface area contributed by atoms with Crippen LogP contribution < -0.4 is 35.9 Å². The van der Waals surface area contributed by atoms with Gasteiger partial charge in [-0.05, 0) is 128 Å². The van der Waals surface area contributed by atoms with Crippen molar-refractivity contribution in [3.63, 3.8) is 0 Å². The van der Waals surface area contributed by atoms with E-state index in [1.165, 1.54) is 14.0 Å². The lowest BCUT2D eigenvalue weighted by atomic mass is 9.92. The Labute approximate surface area is 559 Å². The third kappa shape index (κ3) is 19.7. The van der Waals surface area contributed by atoms with E-state index in [0.29, 0.717) is 66.3 Å². The molecule has 0 aliphatic carbocycles. The van der Waals surface area contributed by atoms with Crippen molar-refractivity contribution in [1.82, 2.24) is 30.7 Å². The fourth-order valence-corrected chi connectivity index (χ4v) is 12.5. The second kappa shape index (κ2) is 34.8. The molecule has 0 saturated carbocycles. The molecule has 9 rings (SSSR count). The molecule has 4 aromatic rings. The first-order chi connectivity index (χ1) is 45.4. The van der Waals surface area contributed by atoms with E-state index in [0.717, 1.165) is 93.8 Å². The lowest BCUT2D eigenvalue weighted by Gasteiger charge is -2.22. The van der Waals surface area contributed by atoms with Gasteiger partial charge in [-0.1, -0.05) is 51.5 Å². The van der Waals surface area contributed by atoms with Gasteiger partial charge in [-0.15, -0.1) is 11.8 Å². The summed E-state index contributed by atoms with van der Waals surface area (Å²) in [7, 11) is 6.45. The summed E-state index contributed by atoms with van der Waals surface area (Å²) in [5.74, 6) is -1.92. The van der Waals surface area contributed by atoms with Crippen molar-refractivity contribution in [2.75, 3.05) is 59.6 Å². The number of carbonyl (C=O) groups is 9. The number of methoxy groups -OCH3 is 3. The van der Waals surface area contributed by atoms with Crippen LogP contribution in [0.5, 0.6) is 17.2 Å². The molecule has 23 nitrogen and oxygen atoms in total. The van der Waals surface area contributed by atoms with E-state index < -0.39 is 35.1 Å². The number of aliphatic carboxylic acids is 1. The summed E-state index contributed by atoms with van der Waals surface area (Å²) in [5, 5.41) is 16.1. The molecule has 1 fully saturated rings. The van der Waals surface area contributed by atoms with Gasteiger partial charge in [-0.3, -0.25) is 53.2 Å². The Morgan fingerprint density at radius 2 is 1.28 bits per heavy atom. The maximum absolute atomic E-state index is 13.4. The molecular weight excluding hydrogens is 1230 g/mol. The van der Waals surface area contributed by atoms with Crippen LogP contribution >= 0.6 is 11.8 Å². The summed E-state index contributed by atoms with van der Waals surface area (Å²) >= 11 is 1.03. The van der Waals surface area contributed by atoms with Gasteiger partial charge in [0, 0.05) is 115 Å². The highest BCUT2D eigenvalue weighted by atomic mass is 32.2. The number of likely N-dealkylation sites (tertiary alicyclic amines) is 1. The van der Waals surface area contributed by atoms with Crippen LogP contribution in [0, 0.1) is 25.7 Å². The minimum atomic E-state index is -1.21. The highest BCUT2D eigenvalue weighted by Gasteiger charge is 2.40. The quantitative estimate of drug-likeness (QED) is 0.0201. The van der Waals surface area contributed by atoms with Crippen molar-refractivity contribution in [1.29, 1.82) is 0 Å². The van der Waals surface area contributed by atoms with E-state index in [2.05, 4.69) is 25.9 Å². The van der Waals surface area contributed by atoms with Gasteiger partial charge in [0.05, 0.1) is 66.7 Å². The lowest BCUT2D eigenvalue weighted by molar-refractivity contribution is -0.141. The van der Waals surface area contributed by atoms with Gasteiger partial charge < -0.3 is 55.5 Å². The number of nitrogens with two attached hydrogens (primary N) is 1. The smallest absolute Gasteiger partial charge is 0.327 e. The van der Waals surface area contributed by atoms with E-state index in [-0.39, 0.29) is 90.8 Å². The molecule has 4 aromatic carbocycles. The molecule has 6 atom stereocenters. The van der Waals surface area contributed by atoms with Crippen LogP contribution in [0.25, 0.3) is 11.1 Å². The lowest BCUT2D eigenvalue weighted by Crippen LogP contribution is -2.45. The topological polar surface area (TPSA) is 307 Å². The number of unbranched alkanes of at least 4 members (excludes halogenated alkanes) is 4. The molecule has 95 heavy (non-hydrogen) atoms. The number of ketones is 1. The third-order valence-corrected chi connectivity index (χ3v) is 18.2. The van der Waals surface area contributed by atoms with Crippen LogP contribution in [0.3, 0.4) is 0 Å². The summed E-state index contributed by atoms with van der Waals surface area (Å²) in [4.78, 5) is 124. The fourth-order valence-electron chi connectivity index (χ4n) is 11.3. The van der Waals surface area contributed by atoms with Gasteiger partial charge in [0.25, 0.3) is 11.8 Å². The number of thioether (sulfide) groups is 1. The SMILES string of the molecule is CNC(=O)[C@H](C)CC(=O)[C@@H](NC(=O)CCCCCN1C(=O)CC(SC[C@H](NC(C)=O)C(=O)O)C1=O)C(C)C.COCCCCCOc1cc2c(cc1OC)C(=O)N1C=C(c3ccc(N)cc3)C[C@H]1C=N2.COc1ccc(C2=CN3C(=O)c4cc(C)c(C)cc4N=C[C@@H]3C2)cc1. The number of aliphatic imine (C=N–C) groups is 2. The van der Waals surface area contributed by atoms with Crippen LogP contribution in [-0.4, -0.2) is 169 Å². The summed E-state index contributed by atoms with van der Waals surface area (Å²) < 4.78 is 21.7. The Balaban J connectivity index is 0.000000205. The van der Waals surface area contributed by atoms with Crippen LogP contribution in [0.4, 0.5) is 17.1 Å². The van der Waals surface area contributed by atoms with Crippen molar-refractivity contribution in [2.24, 2.45) is 21.8 Å². The molecule has 0 bridgehead atoms. The number of anilines is 1. The predicted octanol–water partition coefficient (Wildman–Crippen LogP) is 9.21. The first-order valence-corrected chi connectivity index (χ1v) is 33.1. The number of imide groups is 1. The number of aryl methyl sites for hydroxylation is 2. The summed E-state index contributed by atoms with van der Waals surface area (Å²) in [6, 6.07) is 21.1. The molecule has 5 aliphatic heterocycles. The fraction of sp³-hybridized carbons (Fsp3) is 0.451. The number of carbonyl (C=O) groups excluding carboxylic acids is 8. The number of rotatable bonds is 28. The highest BCUT2D eigenvalue weighted by Crippen LogP contribution is 2.41. The van der Waals surface area contributed by atoms with E-state index >= 15 is 0 Å². The largest absolute Gasteiger partial charge is 0.497 e. The first-order valence-electron chi connectivity index (χ1n) is 32.0. The van der Waals surface area contributed by atoms with Crippen LogP contribution in [0.15, 0.2) is 95.2 Å². The standard InChI is InChI=1S/C25H40N4O8S.C25H29N3O4.C21H20N2O2/c1-14(2)22(18(31)11-15(3)23(34)26-5)28-20(32)9-7-6-8-10-29-21(33)12-19(24(29)35)38-13-17(25(36)37)27-16(4)30;1-30-10-4-3-5-11-32-24-14-22-21(13-23(24)31-2)25(29)28-16-18(12-20(28)15-27-22)17-6-8-19(26)9-7-17;1-13-8-19-20(9-14(13)2)22-11-17-10-16(12-23(17)21(19)24)15-4-6-18(25-3)7-5-15/h14-15,17,19,22H,6-13H2,1-5H3,(H,26,34)(H,27,30)(H,28,32)(H,36,37);6-9,13-16,20H,3-5,10-12,26H2,1-2H3;4-9,11-12,17H,10H2,1-3H3/t15-,17+,19?,22+;20-;17-/m100/s1. The van der Waals surface area contributed by atoms with Gasteiger partial charge in [-0.25, -0.2) is 4.79 Å². The van der Waals surface area contributed by atoms with Crippen LogP contribution in [0.2, 0.25) is 0 Å². The van der Waals surface area contributed by atoms with Gasteiger partial charge in [0.2, 0.25) is 29.5 Å². The van der Waals surface area contributed by atoms with Crippen LogP contribution in [-0.2, 0) is 38.3 Å². The molecule has 6 N–H and O–H groups in total. The first kappa shape index (κ1) is 73.3. The van der Waals surface area contributed by atoms with Crippen LogP contribution in [0.1, 0.15) is 141 Å². The molecule has 508 valence electrons. The third-order valence-electron chi connectivity index (χ3n) is 16.9. The van der Waals surface area contributed by atoms with Crippen molar-refractivity contribution < 1.29 is 67.2 Å². The maximum atomic E-state index is 13.4. The molecule has 1 saturated heterocycles. The predicted molar refractivity (Wildman–Crippen MR) is 366 cm³/mol. The van der Waals surface area contributed by atoms with Crippen molar-refractivity contribution in [2.45, 2.75) is 142 Å². The van der Waals surface area contributed by atoms with Gasteiger partial charge in [0.15, 0.2) is 17.3 Å². The number of nitrogens with one attached hydrogen (secondary N) is 3. The number of hydrogen-bond acceptors (Lipinski definition) is 17. The molecule has 5 heterocycles. The molecule has 0 spiro atoms. The van der Waals surface area contributed by atoms with Crippen molar-refractivity contribution in [3.8, 4) is 17.2 Å². The minimum Gasteiger partial charge on any atom is -0.497 e. The molecule has 24 heteroatoms. The number of Topliss-reactive ketones (excluding diaryl/α,β-unsaturated/α-hetero) is 1. The molecule has 0 aromatic heterocycles. The number of amides is 7. The molecule has 5 aliphatic rings.